The number of nitrogens with one attached hydrogen (secondary N) is 1. The molecule has 2 aromatic rings. The van der Waals surface area contributed by atoms with Crippen molar-refractivity contribution in [1.29, 1.82) is 0 Å². The fourth-order valence-electron chi connectivity index (χ4n) is 3.68. The van der Waals surface area contributed by atoms with E-state index in [9.17, 15) is 0 Å². The standard InChI is InChI=1S/C22H26N2O2/c1-16(2)23-13-8-14-25-24-21-18-11-6-7-12-20(18)26-22(15-19(21)22)17-9-4-3-5-10-17/h3-7,9-12,16,19,23H,8,13-15H2,1-2H3. The van der Waals surface area contributed by atoms with Crippen LogP contribution in [0.25, 0.3) is 0 Å². The third kappa shape index (κ3) is 3.21. The topological polar surface area (TPSA) is 42.8 Å². The van der Waals surface area contributed by atoms with Crippen LogP contribution in [0.1, 0.15) is 37.8 Å². The predicted molar refractivity (Wildman–Crippen MR) is 104 cm³/mol. The van der Waals surface area contributed by atoms with E-state index < -0.39 is 0 Å². The summed E-state index contributed by atoms with van der Waals surface area (Å²) in [6.45, 7) is 5.86. The Bertz CT molecular complexity index is 788. The summed E-state index contributed by atoms with van der Waals surface area (Å²) in [5, 5.41) is 7.94. The molecule has 2 atom stereocenters. The van der Waals surface area contributed by atoms with Crippen LogP contribution in [0, 0.1) is 5.92 Å². The van der Waals surface area contributed by atoms with Crippen molar-refractivity contribution in [2.24, 2.45) is 11.1 Å². The minimum atomic E-state index is -0.281. The second-order valence-electron chi connectivity index (χ2n) is 7.38. The highest BCUT2D eigenvalue weighted by molar-refractivity contribution is 6.08. The highest BCUT2D eigenvalue weighted by Gasteiger charge is 2.64. The number of para-hydroxylation sites is 1. The first-order valence-corrected chi connectivity index (χ1v) is 9.48. The van der Waals surface area contributed by atoms with Gasteiger partial charge in [-0.3, -0.25) is 0 Å². The van der Waals surface area contributed by atoms with Gasteiger partial charge < -0.3 is 14.9 Å². The highest BCUT2D eigenvalue weighted by Crippen LogP contribution is 2.60. The van der Waals surface area contributed by atoms with Gasteiger partial charge in [0.25, 0.3) is 0 Å². The van der Waals surface area contributed by atoms with Crippen molar-refractivity contribution >= 4 is 5.71 Å². The molecule has 1 saturated carbocycles. The van der Waals surface area contributed by atoms with Crippen LogP contribution in [0.15, 0.2) is 59.8 Å². The average molecular weight is 350 g/mol. The van der Waals surface area contributed by atoms with Crippen molar-refractivity contribution in [1.82, 2.24) is 5.32 Å². The molecule has 0 amide bonds. The first-order chi connectivity index (χ1) is 12.7. The maximum absolute atomic E-state index is 6.43. The van der Waals surface area contributed by atoms with Crippen LogP contribution in [-0.2, 0) is 10.4 Å². The summed E-state index contributed by atoms with van der Waals surface area (Å²) in [5.74, 6) is 1.16. The van der Waals surface area contributed by atoms with E-state index in [0.29, 0.717) is 12.6 Å². The lowest BCUT2D eigenvalue weighted by Gasteiger charge is -2.27. The minimum Gasteiger partial charge on any atom is -0.481 e. The molecule has 0 radical (unpaired) electrons. The molecule has 0 spiro atoms. The van der Waals surface area contributed by atoms with Gasteiger partial charge in [-0.15, -0.1) is 0 Å². The molecule has 1 fully saturated rings. The molecule has 136 valence electrons. The Kier molecular flexibility index (Phi) is 4.68. The van der Waals surface area contributed by atoms with E-state index in [0.717, 1.165) is 36.4 Å². The minimum absolute atomic E-state index is 0.258. The second kappa shape index (κ2) is 7.12. The summed E-state index contributed by atoms with van der Waals surface area (Å²) >= 11 is 0. The normalized spacial score (nSPS) is 24.7. The van der Waals surface area contributed by atoms with Gasteiger partial charge >= 0.3 is 0 Å². The number of benzene rings is 2. The fourth-order valence-corrected chi connectivity index (χ4v) is 3.68. The van der Waals surface area contributed by atoms with E-state index in [-0.39, 0.29) is 11.5 Å². The van der Waals surface area contributed by atoms with Gasteiger partial charge in [-0.25, -0.2) is 0 Å². The summed E-state index contributed by atoms with van der Waals surface area (Å²) in [6.07, 6.45) is 1.89. The molecule has 1 N–H and O–H groups in total. The van der Waals surface area contributed by atoms with E-state index in [1.165, 1.54) is 5.56 Å². The van der Waals surface area contributed by atoms with Crippen molar-refractivity contribution in [2.45, 2.75) is 38.3 Å². The van der Waals surface area contributed by atoms with Crippen molar-refractivity contribution in [2.75, 3.05) is 13.2 Å². The van der Waals surface area contributed by atoms with Gasteiger partial charge in [-0.05, 0) is 30.7 Å². The van der Waals surface area contributed by atoms with Crippen LogP contribution in [0.4, 0.5) is 0 Å². The van der Waals surface area contributed by atoms with Gasteiger partial charge in [-0.2, -0.15) is 0 Å². The number of hydrogen-bond acceptors (Lipinski definition) is 4. The Morgan fingerprint density at radius 3 is 2.73 bits per heavy atom. The van der Waals surface area contributed by atoms with Gasteiger partial charge in [0, 0.05) is 18.0 Å². The smallest absolute Gasteiger partial charge is 0.143 e. The summed E-state index contributed by atoms with van der Waals surface area (Å²) in [5.41, 5.74) is 3.01. The van der Waals surface area contributed by atoms with E-state index in [1.807, 2.05) is 24.3 Å². The molecule has 2 aliphatic rings. The Hall–Kier alpha value is -2.33. The van der Waals surface area contributed by atoms with Crippen molar-refractivity contribution in [3.05, 3.63) is 65.7 Å². The molecular weight excluding hydrogens is 324 g/mol. The molecule has 1 aliphatic carbocycles. The molecule has 1 heterocycles. The zero-order valence-electron chi connectivity index (χ0n) is 15.4. The molecular formula is C22H26N2O2. The zero-order chi connectivity index (χ0) is 18.0. The Morgan fingerprint density at radius 2 is 1.92 bits per heavy atom. The molecule has 0 aromatic heterocycles. The van der Waals surface area contributed by atoms with E-state index in [1.54, 1.807) is 0 Å². The van der Waals surface area contributed by atoms with Gasteiger partial charge in [0.2, 0.25) is 0 Å². The van der Waals surface area contributed by atoms with Crippen LogP contribution in [0.3, 0.4) is 0 Å². The summed E-state index contributed by atoms with van der Waals surface area (Å²) < 4.78 is 6.43. The fraction of sp³-hybridized carbons (Fsp3) is 0.409. The first kappa shape index (κ1) is 17.1. The Labute approximate surface area is 155 Å². The van der Waals surface area contributed by atoms with Crippen LogP contribution >= 0.6 is 0 Å². The number of nitrogens with zero attached hydrogens (tertiary/aromatic N) is 1. The lowest BCUT2D eigenvalue weighted by atomic mass is 9.96. The first-order valence-electron chi connectivity index (χ1n) is 9.48. The van der Waals surface area contributed by atoms with Crippen molar-refractivity contribution in [3.8, 4) is 5.75 Å². The maximum atomic E-state index is 6.43. The lowest BCUT2D eigenvalue weighted by molar-refractivity contribution is 0.134. The van der Waals surface area contributed by atoms with Crippen LogP contribution in [0.2, 0.25) is 0 Å². The SMILES string of the molecule is CC(C)NCCCON=C1c2ccccc2OC2(c3ccccc3)CC12. The van der Waals surface area contributed by atoms with Gasteiger partial charge in [-0.1, -0.05) is 61.5 Å². The van der Waals surface area contributed by atoms with E-state index in [2.05, 4.69) is 54.7 Å². The van der Waals surface area contributed by atoms with E-state index in [4.69, 9.17) is 9.57 Å². The Balaban J connectivity index is 1.52. The highest BCUT2D eigenvalue weighted by atomic mass is 16.6. The number of fused-ring (bicyclic) bond motifs is 2. The molecule has 0 saturated heterocycles. The van der Waals surface area contributed by atoms with E-state index >= 15 is 0 Å². The third-order valence-electron chi connectivity index (χ3n) is 5.09. The zero-order valence-corrected chi connectivity index (χ0v) is 15.4. The number of oxime groups is 1. The van der Waals surface area contributed by atoms with Gasteiger partial charge in [0.1, 0.15) is 18.0 Å². The Morgan fingerprint density at radius 1 is 1.15 bits per heavy atom. The second-order valence-corrected chi connectivity index (χ2v) is 7.38. The molecule has 0 bridgehead atoms. The lowest BCUT2D eigenvalue weighted by Crippen LogP contribution is -2.28. The maximum Gasteiger partial charge on any atom is 0.143 e. The van der Waals surface area contributed by atoms with Gasteiger partial charge in [0.05, 0.1) is 11.6 Å². The molecule has 4 heteroatoms. The molecule has 2 unspecified atom stereocenters. The molecule has 1 aliphatic heterocycles. The van der Waals surface area contributed by atoms with Crippen LogP contribution in [-0.4, -0.2) is 24.9 Å². The average Bonchev–Trinajstić information content (AvgIpc) is 3.39. The van der Waals surface area contributed by atoms with Crippen LogP contribution in [0.5, 0.6) is 5.75 Å². The number of rotatable bonds is 7. The molecule has 4 rings (SSSR count). The number of hydrogen-bond donors (Lipinski definition) is 1. The van der Waals surface area contributed by atoms with Gasteiger partial charge in [0.15, 0.2) is 0 Å². The molecule has 2 aromatic carbocycles. The van der Waals surface area contributed by atoms with Crippen molar-refractivity contribution < 1.29 is 9.57 Å². The molecule has 26 heavy (non-hydrogen) atoms. The summed E-state index contributed by atoms with van der Waals surface area (Å²) in [6, 6.07) is 19.1. The third-order valence-corrected chi connectivity index (χ3v) is 5.09. The monoisotopic (exact) mass is 350 g/mol. The largest absolute Gasteiger partial charge is 0.481 e. The number of ether oxygens (including phenoxy) is 1. The summed E-state index contributed by atoms with van der Waals surface area (Å²) in [4.78, 5) is 5.68. The molecule has 4 nitrogen and oxygen atoms in total. The quantitative estimate of drug-likeness (QED) is 0.604. The van der Waals surface area contributed by atoms with Crippen LogP contribution < -0.4 is 10.1 Å². The summed E-state index contributed by atoms with van der Waals surface area (Å²) in [7, 11) is 0. The predicted octanol–water partition coefficient (Wildman–Crippen LogP) is 4.10. The van der Waals surface area contributed by atoms with Crippen molar-refractivity contribution in [3.63, 3.8) is 0 Å².